The first-order chi connectivity index (χ1) is 14.5. The van der Waals surface area contributed by atoms with Crippen LogP contribution in [0.2, 0.25) is 0 Å². The van der Waals surface area contributed by atoms with Crippen LogP contribution in [-0.2, 0) is 13.6 Å². The summed E-state index contributed by atoms with van der Waals surface area (Å²) in [4.78, 5) is 12.1. The molecule has 7 nitrogen and oxygen atoms in total. The Balaban J connectivity index is 1.60. The van der Waals surface area contributed by atoms with E-state index in [9.17, 15) is 0 Å². The fraction of sp³-hybridized carbons (Fsp3) is 0.565. The Labute approximate surface area is 181 Å². The Morgan fingerprint density at radius 3 is 2.60 bits per heavy atom. The monoisotopic (exact) mass is 411 g/mol. The van der Waals surface area contributed by atoms with Crippen LogP contribution < -0.4 is 5.32 Å². The largest absolute Gasteiger partial charge is 0.357 e. The summed E-state index contributed by atoms with van der Waals surface area (Å²) in [6.07, 6.45) is 4.02. The number of guanidine groups is 1. The number of benzene rings is 1. The number of hydrogen-bond acceptors (Lipinski definition) is 4. The molecule has 2 aromatic rings. The summed E-state index contributed by atoms with van der Waals surface area (Å²) in [5.74, 6) is 1.02. The normalized spacial score (nSPS) is 16.9. The van der Waals surface area contributed by atoms with E-state index in [-0.39, 0.29) is 6.04 Å². The van der Waals surface area contributed by atoms with Gasteiger partial charge < -0.3 is 15.1 Å². The second-order valence-corrected chi connectivity index (χ2v) is 8.37. The second kappa shape index (κ2) is 10.6. The van der Waals surface area contributed by atoms with Crippen molar-refractivity contribution in [1.82, 2.24) is 29.8 Å². The van der Waals surface area contributed by atoms with Crippen molar-refractivity contribution in [2.24, 2.45) is 12.0 Å². The highest BCUT2D eigenvalue weighted by atomic mass is 15.3. The van der Waals surface area contributed by atoms with E-state index in [0.29, 0.717) is 6.54 Å². The number of likely N-dealkylation sites (N-methyl/N-ethyl adjacent to an activating group) is 1. The molecule has 2 heterocycles. The minimum Gasteiger partial charge on any atom is -0.357 e. The maximum absolute atomic E-state index is 5.00. The number of aliphatic imine (C=N–C) groups is 1. The van der Waals surface area contributed by atoms with Crippen molar-refractivity contribution in [3.8, 4) is 0 Å². The number of rotatable bonds is 7. The molecule has 1 atom stereocenters. The van der Waals surface area contributed by atoms with E-state index < -0.39 is 0 Å². The van der Waals surface area contributed by atoms with Gasteiger partial charge in [0, 0.05) is 58.1 Å². The maximum atomic E-state index is 5.00. The van der Waals surface area contributed by atoms with Crippen molar-refractivity contribution < 1.29 is 0 Å². The van der Waals surface area contributed by atoms with Gasteiger partial charge in [-0.2, -0.15) is 5.10 Å². The summed E-state index contributed by atoms with van der Waals surface area (Å²) in [7, 11) is 6.16. The highest BCUT2D eigenvalue weighted by Crippen LogP contribution is 2.18. The minimum atomic E-state index is 0.218. The topological polar surface area (TPSA) is 51.9 Å². The minimum absolute atomic E-state index is 0.218. The van der Waals surface area contributed by atoms with Crippen LogP contribution in [0, 0.1) is 6.92 Å². The van der Waals surface area contributed by atoms with E-state index in [4.69, 9.17) is 4.99 Å². The molecule has 1 unspecified atom stereocenters. The lowest BCUT2D eigenvalue weighted by molar-refractivity contribution is 0.172. The fourth-order valence-corrected chi connectivity index (χ4v) is 3.96. The lowest BCUT2D eigenvalue weighted by atomic mass is 10.1. The predicted molar refractivity (Wildman–Crippen MR) is 124 cm³/mol. The SMILES string of the molecule is CCNC(=NCC(c1cnn(C)c1)N(C)C)N1CCN(Cc2cccc(C)c2)CC1. The standard InChI is InChI=1S/C23H37N7/c1-6-24-23(25-16-22(27(3)4)21-15-26-28(5)18-21)30-12-10-29(11-13-30)17-20-9-7-8-19(2)14-20/h7-9,14-15,18,22H,6,10-13,16-17H2,1-5H3,(H,24,25). The number of nitrogens with zero attached hydrogens (tertiary/aromatic N) is 6. The molecule has 1 fully saturated rings. The number of aromatic nitrogens is 2. The van der Waals surface area contributed by atoms with Crippen molar-refractivity contribution in [2.45, 2.75) is 26.4 Å². The molecule has 0 bridgehead atoms. The first-order valence-corrected chi connectivity index (χ1v) is 10.9. The zero-order valence-electron chi connectivity index (χ0n) is 19.2. The van der Waals surface area contributed by atoms with Crippen LogP contribution in [0.25, 0.3) is 0 Å². The molecule has 0 radical (unpaired) electrons. The first-order valence-electron chi connectivity index (χ1n) is 10.9. The molecule has 164 valence electrons. The van der Waals surface area contributed by atoms with Gasteiger partial charge in [0.05, 0.1) is 18.8 Å². The molecule has 3 rings (SSSR count). The van der Waals surface area contributed by atoms with Crippen LogP contribution in [-0.4, -0.2) is 83.8 Å². The molecule has 30 heavy (non-hydrogen) atoms. The molecule has 7 heteroatoms. The van der Waals surface area contributed by atoms with Crippen LogP contribution in [0.5, 0.6) is 0 Å². The van der Waals surface area contributed by atoms with E-state index in [1.807, 2.05) is 17.9 Å². The van der Waals surface area contributed by atoms with Crippen molar-refractivity contribution in [1.29, 1.82) is 0 Å². The van der Waals surface area contributed by atoms with Crippen LogP contribution in [0.4, 0.5) is 0 Å². The summed E-state index contributed by atoms with van der Waals surface area (Å²) in [6.45, 7) is 11.0. The predicted octanol–water partition coefficient (Wildman–Crippen LogP) is 2.11. The molecule has 1 aliphatic heterocycles. The average molecular weight is 412 g/mol. The molecule has 1 saturated heterocycles. The van der Waals surface area contributed by atoms with Crippen molar-refractivity contribution in [3.63, 3.8) is 0 Å². The lowest BCUT2D eigenvalue weighted by Crippen LogP contribution is -2.52. The van der Waals surface area contributed by atoms with E-state index in [1.165, 1.54) is 16.7 Å². The summed E-state index contributed by atoms with van der Waals surface area (Å²) in [6, 6.07) is 9.05. The summed E-state index contributed by atoms with van der Waals surface area (Å²) in [5, 5.41) is 7.82. The fourth-order valence-electron chi connectivity index (χ4n) is 3.96. The lowest BCUT2D eigenvalue weighted by Gasteiger charge is -2.37. The molecule has 1 aliphatic rings. The van der Waals surface area contributed by atoms with Gasteiger partial charge >= 0.3 is 0 Å². The zero-order valence-corrected chi connectivity index (χ0v) is 19.2. The Hall–Kier alpha value is -2.38. The Kier molecular flexibility index (Phi) is 7.87. The molecular formula is C23H37N7. The van der Waals surface area contributed by atoms with Gasteiger partial charge in [0.1, 0.15) is 0 Å². The van der Waals surface area contributed by atoms with Gasteiger partial charge in [-0.15, -0.1) is 0 Å². The Morgan fingerprint density at radius 2 is 2.00 bits per heavy atom. The molecule has 0 spiro atoms. The van der Waals surface area contributed by atoms with E-state index in [0.717, 1.165) is 45.2 Å². The summed E-state index contributed by atoms with van der Waals surface area (Å²) < 4.78 is 1.86. The van der Waals surface area contributed by atoms with E-state index >= 15 is 0 Å². The first kappa shape index (κ1) is 22.3. The smallest absolute Gasteiger partial charge is 0.194 e. The van der Waals surface area contributed by atoms with Gasteiger partial charge in [0.15, 0.2) is 5.96 Å². The third kappa shape index (κ3) is 6.06. The summed E-state index contributed by atoms with van der Waals surface area (Å²) in [5.41, 5.74) is 3.93. The van der Waals surface area contributed by atoms with Gasteiger partial charge in [0.25, 0.3) is 0 Å². The van der Waals surface area contributed by atoms with Crippen LogP contribution in [0.1, 0.15) is 29.7 Å². The molecule has 1 aromatic carbocycles. The van der Waals surface area contributed by atoms with Crippen molar-refractivity contribution in [3.05, 3.63) is 53.3 Å². The van der Waals surface area contributed by atoms with E-state index in [2.05, 4.69) is 83.5 Å². The third-order valence-electron chi connectivity index (χ3n) is 5.64. The highest BCUT2D eigenvalue weighted by Gasteiger charge is 2.21. The highest BCUT2D eigenvalue weighted by molar-refractivity contribution is 5.80. The van der Waals surface area contributed by atoms with Crippen LogP contribution in [0.3, 0.4) is 0 Å². The van der Waals surface area contributed by atoms with Crippen LogP contribution >= 0.6 is 0 Å². The van der Waals surface area contributed by atoms with E-state index in [1.54, 1.807) is 0 Å². The van der Waals surface area contributed by atoms with Gasteiger partial charge in [0.2, 0.25) is 0 Å². The zero-order chi connectivity index (χ0) is 21.5. The number of nitrogens with one attached hydrogen (secondary N) is 1. The Bertz CT molecular complexity index is 818. The number of piperazine rings is 1. The van der Waals surface area contributed by atoms with Crippen molar-refractivity contribution >= 4 is 5.96 Å². The molecule has 1 N–H and O–H groups in total. The number of hydrogen-bond donors (Lipinski definition) is 1. The third-order valence-corrected chi connectivity index (χ3v) is 5.64. The van der Waals surface area contributed by atoms with Gasteiger partial charge in [-0.3, -0.25) is 14.6 Å². The van der Waals surface area contributed by atoms with Crippen LogP contribution in [0.15, 0.2) is 41.7 Å². The van der Waals surface area contributed by atoms with Gasteiger partial charge in [-0.1, -0.05) is 29.8 Å². The maximum Gasteiger partial charge on any atom is 0.194 e. The Morgan fingerprint density at radius 1 is 1.23 bits per heavy atom. The molecule has 1 aromatic heterocycles. The molecule has 0 saturated carbocycles. The van der Waals surface area contributed by atoms with Gasteiger partial charge in [-0.05, 0) is 33.5 Å². The average Bonchev–Trinajstić information content (AvgIpc) is 3.14. The molecule has 0 amide bonds. The molecule has 0 aliphatic carbocycles. The summed E-state index contributed by atoms with van der Waals surface area (Å²) >= 11 is 0. The number of aryl methyl sites for hydroxylation is 2. The van der Waals surface area contributed by atoms with Gasteiger partial charge in [-0.25, -0.2) is 0 Å². The molecular weight excluding hydrogens is 374 g/mol. The quantitative estimate of drug-likeness (QED) is 0.559. The second-order valence-electron chi connectivity index (χ2n) is 8.37. The van der Waals surface area contributed by atoms with Crippen molar-refractivity contribution in [2.75, 3.05) is 53.4 Å².